The molecule has 2 unspecified atom stereocenters. The van der Waals surface area contributed by atoms with E-state index in [1.807, 2.05) is 13.0 Å². The number of likely N-dealkylation sites (tertiary alicyclic amines) is 1. The molecule has 0 radical (unpaired) electrons. The van der Waals surface area contributed by atoms with Crippen LogP contribution in [-0.2, 0) is 4.79 Å². The van der Waals surface area contributed by atoms with E-state index in [1.165, 1.54) is 6.07 Å². The average molecular weight is 320 g/mol. The number of hydrogen-bond donors (Lipinski definition) is 2. The molecule has 3 N–H and O–H groups in total. The highest BCUT2D eigenvalue weighted by molar-refractivity contribution is 5.78. The van der Waals surface area contributed by atoms with Gasteiger partial charge in [0.05, 0.1) is 10.8 Å². The van der Waals surface area contributed by atoms with Gasteiger partial charge in [0.1, 0.15) is 0 Å². The summed E-state index contributed by atoms with van der Waals surface area (Å²) in [6.07, 6.45) is 1.81. The van der Waals surface area contributed by atoms with Crippen molar-refractivity contribution in [3.8, 4) is 0 Å². The molecular weight excluding hydrogens is 296 g/mol. The van der Waals surface area contributed by atoms with Gasteiger partial charge in [-0.1, -0.05) is 12.1 Å². The Balaban J connectivity index is 2.04. The smallest absolute Gasteiger partial charge is 0.269 e. The van der Waals surface area contributed by atoms with Crippen molar-refractivity contribution in [2.75, 3.05) is 26.2 Å². The molecule has 1 fully saturated rings. The second-order valence-corrected chi connectivity index (χ2v) is 5.94. The van der Waals surface area contributed by atoms with Gasteiger partial charge in [0.25, 0.3) is 5.69 Å². The molecule has 0 saturated carbocycles. The van der Waals surface area contributed by atoms with Crippen LogP contribution in [0.5, 0.6) is 0 Å². The van der Waals surface area contributed by atoms with Crippen LogP contribution < -0.4 is 11.1 Å². The van der Waals surface area contributed by atoms with Crippen LogP contribution in [0.2, 0.25) is 0 Å². The molecule has 1 amide bonds. The van der Waals surface area contributed by atoms with Gasteiger partial charge in [-0.15, -0.1) is 0 Å². The zero-order valence-electron chi connectivity index (χ0n) is 13.4. The number of non-ortho nitro benzene ring substituents is 1. The van der Waals surface area contributed by atoms with Crippen LogP contribution in [0.15, 0.2) is 24.3 Å². The highest BCUT2D eigenvalue weighted by atomic mass is 16.6. The van der Waals surface area contributed by atoms with Crippen molar-refractivity contribution >= 4 is 11.6 Å². The maximum atomic E-state index is 12.1. The second kappa shape index (κ2) is 8.03. The normalized spacial score (nSPS) is 20.0. The van der Waals surface area contributed by atoms with Crippen LogP contribution >= 0.6 is 0 Å². The first-order chi connectivity index (χ1) is 11.0. The summed E-state index contributed by atoms with van der Waals surface area (Å²) < 4.78 is 0. The van der Waals surface area contributed by atoms with Crippen molar-refractivity contribution in [3.05, 3.63) is 39.9 Å². The van der Waals surface area contributed by atoms with Gasteiger partial charge in [-0.05, 0) is 31.9 Å². The molecule has 0 aliphatic carbocycles. The number of carbonyl (C=O) groups is 1. The third-order valence-electron chi connectivity index (χ3n) is 4.38. The summed E-state index contributed by atoms with van der Waals surface area (Å²) >= 11 is 0. The van der Waals surface area contributed by atoms with E-state index < -0.39 is 0 Å². The number of nitrogens with zero attached hydrogens (tertiary/aromatic N) is 2. The molecule has 1 aliphatic heterocycles. The molecular formula is C16H24N4O3. The van der Waals surface area contributed by atoms with Crippen LogP contribution in [0.3, 0.4) is 0 Å². The summed E-state index contributed by atoms with van der Waals surface area (Å²) in [5.74, 6) is 0.00263. The van der Waals surface area contributed by atoms with Crippen molar-refractivity contribution < 1.29 is 9.72 Å². The Bertz CT molecular complexity index is 564. The van der Waals surface area contributed by atoms with Gasteiger partial charge in [0.15, 0.2) is 0 Å². The molecule has 2 atom stereocenters. The largest absolute Gasteiger partial charge is 0.355 e. The zero-order valence-corrected chi connectivity index (χ0v) is 13.4. The highest BCUT2D eigenvalue weighted by Gasteiger charge is 2.28. The highest BCUT2D eigenvalue weighted by Crippen LogP contribution is 2.28. The zero-order chi connectivity index (χ0) is 16.8. The molecule has 7 heteroatoms. The van der Waals surface area contributed by atoms with Gasteiger partial charge in [0, 0.05) is 37.8 Å². The predicted molar refractivity (Wildman–Crippen MR) is 87.9 cm³/mol. The topological polar surface area (TPSA) is 102 Å². The number of nitrogens with two attached hydrogens (primary N) is 1. The van der Waals surface area contributed by atoms with E-state index in [0.29, 0.717) is 19.6 Å². The monoisotopic (exact) mass is 320 g/mol. The molecule has 1 aliphatic rings. The summed E-state index contributed by atoms with van der Waals surface area (Å²) in [4.78, 5) is 24.9. The van der Waals surface area contributed by atoms with E-state index in [2.05, 4.69) is 10.2 Å². The summed E-state index contributed by atoms with van der Waals surface area (Å²) in [5, 5.41) is 13.8. The number of nitro benzene ring substituents is 1. The first-order valence-electron chi connectivity index (χ1n) is 7.99. The Kier molecular flexibility index (Phi) is 6.06. The van der Waals surface area contributed by atoms with Gasteiger partial charge in [-0.3, -0.25) is 19.8 Å². The standard InChI is InChI=1S/C16H24N4O3/c1-12(13-4-2-6-15(10-13)20(22)23)19-9-3-5-14(11-19)16(21)18-8-7-17/h2,4,6,10,12,14H,3,5,7-9,11,17H2,1H3,(H,18,21). The van der Waals surface area contributed by atoms with Crippen molar-refractivity contribution in [1.82, 2.24) is 10.2 Å². The lowest BCUT2D eigenvalue weighted by Gasteiger charge is -2.36. The molecule has 7 nitrogen and oxygen atoms in total. The predicted octanol–water partition coefficient (Wildman–Crippen LogP) is 1.44. The molecule has 23 heavy (non-hydrogen) atoms. The number of nitro groups is 1. The number of nitrogens with one attached hydrogen (secondary N) is 1. The molecule has 0 spiro atoms. The third-order valence-corrected chi connectivity index (χ3v) is 4.38. The minimum Gasteiger partial charge on any atom is -0.355 e. The van der Waals surface area contributed by atoms with E-state index in [9.17, 15) is 14.9 Å². The van der Waals surface area contributed by atoms with E-state index in [4.69, 9.17) is 5.73 Å². The van der Waals surface area contributed by atoms with Crippen LogP contribution in [0.1, 0.15) is 31.4 Å². The van der Waals surface area contributed by atoms with Crippen LogP contribution in [0.4, 0.5) is 5.69 Å². The number of hydrogen-bond acceptors (Lipinski definition) is 5. The molecule has 1 saturated heterocycles. The van der Waals surface area contributed by atoms with Gasteiger partial charge in [-0.2, -0.15) is 0 Å². The lowest BCUT2D eigenvalue weighted by Crippen LogP contribution is -2.44. The number of rotatable bonds is 6. The molecule has 0 bridgehead atoms. The Hall–Kier alpha value is -1.99. The molecule has 0 aromatic heterocycles. The van der Waals surface area contributed by atoms with Gasteiger partial charge in [-0.25, -0.2) is 0 Å². The lowest BCUT2D eigenvalue weighted by atomic mass is 9.94. The molecule has 1 aromatic rings. The summed E-state index contributed by atoms with van der Waals surface area (Å²) in [7, 11) is 0. The minimum absolute atomic E-state index is 0.0417. The van der Waals surface area contributed by atoms with E-state index in [0.717, 1.165) is 24.9 Å². The number of amides is 1. The van der Waals surface area contributed by atoms with Gasteiger partial charge >= 0.3 is 0 Å². The van der Waals surface area contributed by atoms with Crippen LogP contribution in [-0.4, -0.2) is 41.9 Å². The maximum Gasteiger partial charge on any atom is 0.269 e. The second-order valence-electron chi connectivity index (χ2n) is 5.94. The number of benzene rings is 1. The first kappa shape index (κ1) is 17.4. The average Bonchev–Trinajstić information content (AvgIpc) is 2.59. The molecule has 1 aromatic carbocycles. The van der Waals surface area contributed by atoms with Crippen LogP contribution in [0.25, 0.3) is 0 Å². The number of carbonyl (C=O) groups excluding carboxylic acids is 1. The first-order valence-corrected chi connectivity index (χ1v) is 7.99. The Labute approximate surface area is 136 Å². The fourth-order valence-electron chi connectivity index (χ4n) is 3.02. The van der Waals surface area contributed by atoms with Crippen molar-refractivity contribution in [1.29, 1.82) is 0 Å². The quantitative estimate of drug-likeness (QED) is 0.610. The molecule has 126 valence electrons. The number of piperidine rings is 1. The van der Waals surface area contributed by atoms with E-state index >= 15 is 0 Å². The molecule has 1 heterocycles. The summed E-state index contributed by atoms with van der Waals surface area (Å²) in [5.41, 5.74) is 6.42. The maximum absolute atomic E-state index is 12.1. The van der Waals surface area contributed by atoms with Crippen molar-refractivity contribution in [2.45, 2.75) is 25.8 Å². The van der Waals surface area contributed by atoms with Crippen molar-refractivity contribution in [3.63, 3.8) is 0 Å². The van der Waals surface area contributed by atoms with Crippen LogP contribution in [0, 0.1) is 16.0 Å². The summed E-state index contributed by atoms with van der Waals surface area (Å²) in [6, 6.07) is 6.76. The van der Waals surface area contributed by atoms with Gasteiger partial charge < -0.3 is 11.1 Å². The third kappa shape index (κ3) is 4.49. The SMILES string of the molecule is CC(c1cccc([N+](=O)[O-])c1)N1CCCC(C(=O)NCCN)C1. The fraction of sp³-hybridized carbons (Fsp3) is 0.562. The van der Waals surface area contributed by atoms with Gasteiger partial charge in [0.2, 0.25) is 5.91 Å². The summed E-state index contributed by atoms with van der Waals surface area (Å²) in [6.45, 7) is 4.52. The Morgan fingerprint density at radius 2 is 2.35 bits per heavy atom. The minimum atomic E-state index is -0.379. The lowest BCUT2D eigenvalue weighted by molar-refractivity contribution is -0.385. The molecule has 2 rings (SSSR count). The van der Waals surface area contributed by atoms with E-state index in [-0.39, 0.29) is 28.5 Å². The van der Waals surface area contributed by atoms with E-state index in [1.54, 1.807) is 12.1 Å². The van der Waals surface area contributed by atoms with Crippen molar-refractivity contribution in [2.24, 2.45) is 11.7 Å². The Morgan fingerprint density at radius 3 is 3.04 bits per heavy atom. The fourth-order valence-corrected chi connectivity index (χ4v) is 3.02. The Morgan fingerprint density at radius 1 is 1.57 bits per heavy atom.